The molecule has 0 aliphatic rings. The third-order valence-corrected chi connectivity index (χ3v) is 2.02. The molecule has 1 aromatic heterocycles. The second-order valence-electron chi connectivity index (χ2n) is 2.34. The van der Waals surface area contributed by atoms with Crippen molar-refractivity contribution in [1.29, 1.82) is 0 Å². The first-order valence-electron chi connectivity index (χ1n) is 3.50. The lowest BCUT2D eigenvalue weighted by Gasteiger charge is -1.98. The van der Waals surface area contributed by atoms with Crippen LogP contribution in [0.3, 0.4) is 0 Å². The Morgan fingerprint density at radius 2 is 2.50 bits per heavy atom. The molecule has 0 aliphatic heterocycles. The summed E-state index contributed by atoms with van der Waals surface area (Å²) in [4.78, 5) is 11.4. The molecule has 0 saturated heterocycles. The van der Waals surface area contributed by atoms with Gasteiger partial charge in [-0.25, -0.2) is 0 Å². The number of carbonyl (C=O) groups excluding carboxylic acids is 1. The van der Waals surface area contributed by atoms with E-state index in [4.69, 9.17) is 4.42 Å². The topological polar surface area (TPSA) is 30.2 Å². The molecule has 64 valence electrons. The van der Waals surface area contributed by atoms with E-state index in [1.165, 1.54) is 6.26 Å². The molecule has 0 N–H and O–H groups in total. The van der Waals surface area contributed by atoms with Crippen LogP contribution >= 0.6 is 11.8 Å². The number of ketones is 1. The van der Waals surface area contributed by atoms with E-state index in [1.54, 1.807) is 23.9 Å². The van der Waals surface area contributed by atoms with Gasteiger partial charge < -0.3 is 4.42 Å². The van der Waals surface area contributed by atoms with Gasteiger partial charge in [-0.2, -0.15) is 11.8 Å². The summed E-state index contributed by atoms with van der Waals surface area (Å²) in [5.41, 5.74) is 0.581. The van der Waals surface area contributed by atoms with Crippen LogP contribution in [0.4, 0.5) is 0 Å². The van der Waals surface area contributed by atoms with Gasteiger partial charge in [0, 0.05) is 11.3 Å². The molecule has 1 rings (SSSR count). The zero-order valence-corrected chi connectivity index (χ0v) is 7.69. The summed E-state index contributed by atoms with van der Waals surface area (Å²) in [6.45, 7) is 3.67. The molecular formula is C9H10O2S. The van der Waals surface area contributed by atoms with E-state index in [-0.39, 0.29) is 5.78 Å². The minimum absolute atomic E-state index is 0.102. The summed E-state index contributed by atoms with van der Waals surface area (Å²) in [6, 6.07) is 3.34. The van der Waals surface area contributed by atoms with Crippen molar-refractivity contribution in [3.63, 3.8) is 0 Å². The fraction of sp³-hybridized carbons (Fsp3) is 0.222. The summed E-state index contributed by atoms with van der Waals surface area (Å²) >= 11 is 1.57. The molecule has 0 unspecified atom stereocenters. The predicted octanol–water partition coefficient (Wildman–Crippen LogP) is 2.38. The standard InChI is InChI=1S/C9H10O2S/c1-7(6-12-2)9(10)8-4-3-5-11-8/h3-5H,1,6H2,2H3. The van der Waals surface area contributed by atoms with E-state index < -0.39 is 0 Å². The van der Waals surface area contributed by atoms with Crippen LogP contribution in [0.5, 0.6) is 0 Å². The van der Waals surface area contributed by atoms with Crippen LogP contribution < -0.4 is 0 Å². The largest absolute Gasteiger partial charge is 0.461 e. The van der Waals surface area contributed by atoms with Gasteiger partial charge in [0.25, 0.3) is 0 Å². The molecule has 12 heavy (non-hydrogen) atoms. The molecule has 2 nitrogen and oxygen atoms in total. The number of Topliss-reactive ketones (excluding diaryl/α,β-unsaturated/α-hetero) is 1. The fourth-order valence-corrected chi connectivity index (χ4v) is 1.30. The van der Waals surface area contributed by atoms with Crippen molar-refractivity contribution in [2.75, 3.05) is 12.0 Å². The zero-order chi connectivity index (χ0) is 8.97. The number of carbonyl (C=O) groups is 1. The van der Waals surface area contributed by atoms with Gasteiger partial charge in [0.2, 0.25) is 5.78 Å². The Balaban J connectivity index is 2.66. The van der Waals surface area contributed by atoms with Gasteiger partial charge in [0.15, 0.2) is 5.76 Å². The first-order valence-corrected chi connectivity index (χ1v) is 4.90. The average molecular weight is 182 g/mol. The predicted molar refractivity (Wildman–Crippen MR) is 50.6 cm³/mol. The van der Waals surface area contributed by atoms with E-state index in [2.05, 4.69) is 6.58 Å². The van der Waals surface area contributed by atoms with Crippen LogP contribution in [0, 0.1) is 0 Å². The van der Waals surface area contributed by atoms with Gasteiger partial charge in [-0.1, -0.05) is 6.58 Å². The average Bonchev–Trinajstić information content (AvgIpc) is 2.55. The summed E-state index contributed by atoms with van der Waals surface area (Å²) in [5.74, 6) is 0.919. The third-order valence-electron chi connectivity index (χ3n) is 1.38. The maximum Gasteiger partial charge on any atom is 0.224 e. The number of furan rings is 1. The van der Waals surface area contributed by atoms with Crippen molar-refractivity contribution in [3.8, 4) is 0 Å². The first kappa shape index (κ1) is 9.13. The number of thioether (sulfide) groups is 1. The van der Waals surface area contributed by atoms with Crippen LogP contribution in [0.1, 0.15) is 10.6 Å². The molecule has 0 aromatic carbocycles. The molecule has 1 heterocycles. The lowest BCUT2D eigenvalue weighted by molar-refractivity contribution is 0.101. The van der Waals surface area contributed by atoms with Gasteiger partial charge in [0.1, 0.15) is 0 Å². The SMILES string of the molecule is C=C(CSC)C(=O)c1ccco1. The van der Waals surface area contributed by atoms with E-state index in [0.29, 0.717) is 17.1 Å². The van der Waals surface area contributed by atoms with Crippen LogP contribution in [-0.2, 0) is 0 Å². The molecule has 0 aliphatic carbocycles. The van der Waals surface area contributed by atoms with Crippen LogP contribution in [0.25, 0.3) is 0 Å². The van der Waals surface area contributed by atoms with E-state index in [9.17, 15) is 4.79 Å². The fourth-order valence-electron chi connectivity index (χ4n) is 0.822. The molecular weight excluding hydrogens is 172 g/mol. The quantitative estimate of drug-likeness (QED) is 0.529. The van der Waals surface area contributed by atoms with Crippen molar-refractivity contribution in [2.24, 2.45) is 0 Å². The number of rotatable bonds is 4. The number of hydrogen-bond acceptors (Lipinski definition) is 3. The summed E-state index contributed by atoms with van der Waals surface area (Å²) in [7, 11) is 0. The maximum absolute atomic E-state index is 11.4. The van der Waals surface area contributed by atoms with Crippen molar-refractivity contribution >= 4 is 17.5 Å². The van der Waals surface area contributed by atoms with Gasteiger partial charge in [0.05, 0.1) is 6.26 Å². The Bertz CT molecular complexity index is 275. The highest BCUT2D eigenvalue weighted by atomic mass is 32.2. The molecule has 0 fully saturated rings. The molecule has 0 atom stereocenters. The van der Waals surface area contributed by atoms with Crippen molar-refractivity contribution in [2.45, 2.75) is 0 Å². The Kier molecular flexibility index (Phi) is 3.17. The zero-order valence-electron chi connectivity index (χ0n) is 6.87. The lowest BCUT2D eigenvalue weighted by Crippen LogP contribution is -2.02. The highest BCUT2D eigenvalue weighted by molar-refractivity contribution is 7.98. The second kappa shape index (κ2) is 4.16. The van der Waals surface area contributed by atoms with Gasteiger partial charge >= 0.3 is 0 Å². The second-order valence-corrected chi connectivity index (χ2v) is 3.21. The molecule has 0 saturated carbocycles. The highest BCUT2D eigenvalue weighted by Crippen LogP contribution is 2.10. The van der Waals surface area contributed by atoms with Crippen molar-refractivity contribution < 1.29 is 9.21 Å². The Hall–Kier alpha value is -0.960. The minimum Gasteiger partial charge on any atom is -0.461 e. The summed E-state index contributed by atoms with van der Waals surface area (Å²) in [5, 5.41) is 0. The van der Waals surface area contributed by atoms with E-state index in [0.717, 1.165) is 0 Å². The molecule has 0 radical (unpaired) electrons. The first-order chi connectivity index (χ1) is 5.75. The van der Waals surface area contributed by atoms with Crippen LogP contribution in [0.2, 0.25) is 0 Å². The Labute approximate surface area is 75.6 Å². The Morgan fingerprint density at radius 3 is 3.00 bits per heavy atom. The molecule has 0 bridgehead atoms. The summed E-state index contributed by atoms with van der Waals surface area (Å²) < 4.78 is 4.94. The smallest absolute Gasteiger partial charge is 0.224 e. The van der Waals surface area contributed by atoms with Gasteiger partial charge in [-0.05, 0) is 18.4 Å². The monoisotopic (exact) mass is 182 g/mol. The summed E-state index contributed by atoms with van der Waals surface area (Å²) in [6.07, 6.45) is 3.42. The van der Waals surface area contributed by atoms with E-state index >= 15 is 0 Å². The normalized spacial score (nSPS) is 9.75. The lowest BCUT2D eigenvalue weighted by atomic mass is 10.2. The molecule has 1 aromatic rings. The third kappa shape index (κ3) is 2.01. The number of hydrogen-bond donors (Lipinski definition) is 0. The van der Waals surface area contributed by atoms with Crippen LogP contribution in [0.15, 0.2) is 35.0 Å². The van der Waals surface area contributed by atoms with E-state index in [1.807, 2.05) is 6.26 Å². The molecule has 3 heteroatoms. The van der Waals surface area contributed by atoms with Crippen molar-refractivity contribution in [1.82, 2.24) is 0 Å². The van der Waals surface area contributed by atoms with Gasteiger partial charge in [-0.3, -0.25) is 4.79 Å². The van der Waals surface area contributed by atoms with Crippen LogP contribution in [-0.4, -0.2) is 17.8 Å². The molecule has 0 spiro atoms. The van der Waals surface area contributed by atoms with Gasteiger partial charge in [-0.15, -0.1) is 0 Å². The highest BCUT2D eigenvalue weighted by Gasteiger charge is 2.11. The Morgan fingerprint density at radius 1 is 1.75 bits per heavy atom. The molecule has 0 amide bonds. The van der Waals surface area contributed by atoms with Crippen molar-refractivity contribution in [3.05, 3.63) is 36.3 Å². The minimum atomic E-state index is -0.102. The maximum atomic E-state index is 11.4.